The van der Waals surface area contributed by atoms with Gasteiger partial charge in [0.05, 0.1) is 6.42 Å². The smallest absolute Gasteiger partial charge is 0.253 e. The van der Waals surface area contributed by atoms with Gasteiger partial charge in [0.25, 0.3) is 5.91 Å². The number of halogens is 1. The molecule has 130 valence electrons. The zero-order chi connectivity index (χ0) is 17.8. The highest BCUT2D eigenvalue weighted by molar-refractivity contribution is 6.30. The van der Waals surface area contributed by atoms with E-state index < -0.39 is 0 Å². The predicted octanol–water partition coefficient (Wildman–Crippen LogP) is 2.45. The molecule has 0 saturated carbocycles. The SMILES string of the molecule is Nc1ccc(C(=O)N2CCN(C(=O)Cc3ccc(Cl)cc3)CC2)cc1. The Morgan fingerprint density at radius 2 is 1.44 bits per heavy atom. The lowest BCUT2D eigenvalue weighted by atomic mass is 10.1. The lowest BCUT2D eigenvalue weighted by molar-refractivity contribution is -0.131. The number of nitrogens with zero attached hydrogens (tertiary/aromatic N) is 2. The van der Waals surface area contributed by atoms with Gasteiger partial charge in [-0.15, -0.1) is 0 Å². The minimum absolute atomic E-state index is 0.0233. The van der Waals surface area contributed by atoms with E-state index in [9.17, 15) is 9.59 Å². The number of piperazine rings is 1. The van der Waals surface area contributed by atoms with E-state index in [1.165, 1.54) is 0 Å². The maximum atomic E-state index is 12.5. The van der Waals surface area contributed by atoms with Crippen molar-refractivity contribution in [3.8, 4) is 0 Å². The second-order valence-corrected chi connectivity index (χ2v) is 6.53. The molecule has 0 aromatic heterocycles. The number of hydrogen-bond donors (Lipinski definition) is 1. The zero-order valence-electron chi connectivity index (χ0n) is 13.8. The average molecular weight is 358 g/mol. The van der Waals surface area contributed by atoms with Gasteiger partial charge in [-0.25, -0.2) is 0 Å². The fraction of sp³-hybridized carbons (Fsp3) is 0.263. The van der Waals surface area contributed by atoms with Crippen molar-refractivity contribution < 1.29 is 9.59 Å². The van der Waals surface area contributed by atoms with E-state index >= 15 is 0 Å². The van der Waals surface area contributed by atoms with Crippen LogP contribution in [0.5, 0.6) is 0 Å². The van der Waals surface area contributed by atoms with E-state index in [2.05, 4.69) is 0 Å². The largest absolute Gasteiger partial charge is 0.399 e. The fourth-order valence-corrected chi connectivity index (χ4v) is 2.98. The average Bonchev–Trinajstić information content (AvgIpc) is 2.64. The Morgan fingerprint density at radius 1 is 0.880 bits per heavy atom. The monoisotopic (exact) mass is 357 g/mol. The Bertz CT molecular complexity index is 751. The van der Waals surface area contributed by atoms with Crippen molar-refractivity contribution in [2.24, 2.45) is 0 Å². The Hall–Kier alpha value is -2.53. The summed E-state index contributed by atoms with van der Waals surface area (Å²) in [6.07, 6.45) is 0.350. The molecule has 1 aliphatic heterocycles. The van der Waals surface area contributed by atoms with Crippen LogP contribution in [0.1, 0.15) is 15.9 Å². The zero-order valence-corrected chi connectivity index (χ0v) is 14.6. The van der Waals surface area contributed by atoms with E-state index in [4.69, 9.17) is 17.3 Å². The third kappa shape index (κ3) is 4.31. The first-order valence-electron chi connectivity index (χ1n) is 8.20. The van der Waals surface area contributed by atoms with Crippen molar-refractivity contribution >= 4 is 29.1 Å². The molecule has 0 spiro atoms. The molecule has 1 aliphatic rings. The summed E-state index contributed by atoms with van der Waals surface area (Å²) in [5, 5.41) is 0.658. The van der Waals surface area contributed by atoms with Crippen LogP contribution in [-0.4, -0.2) is 47.8 Å². The quantitative estimate of drug-likeness (QED) is 0.858. The normalized spacial score (nSPS) is 14.4. The minimum atomic E-state index is -0.0233. The lowest BCUT2D eigenvalue weighted by Crippen LogP contribution is -2.51. The van der Waals surface area contributed by atoms with Crippen LogP contribution < -0.4 is 5.73 Å². The highest BCUT2D eigenvalue weighted by Crippen LogP contribution is 2.14. The van der Waals surface area contributed by atoms with E-state index in [0.717, 1.165) is 5.56 Å². The fourth-order valence-electron chi connectivity index (χ4n) is 2.86. The van der Waals surface area contributed by atoms with Crippen molar-refractivity contribution in [2.75, 3.05) is 31.9 Å². The van der Waals surface area contributed by atoms with Crippen LogP contribution >= 0.6 is 11.6 Å². The van der Waals surface area contributed by atoms with Gasteiger partial charge in [-0.1, -0.05) is 23.7 Å². The van der Waals surface area contributed by atoms with Gasteiger partial charge in [-0.2, -0.15) is 0 Å². The second kappa shape index (κ2) is 7.57. The van der Waals surface area contributed by atoms with Gasteiger partial charge in [0, 0.05) is 42.5 Å². The van der Waals surface area contributed by atoms with Gasteiger partial charge in [0.1, 0.15) is 0 Å². The van der Waals surface area contributed by atoms with Crippen LogP contribution in [-0.2, 0) is 11.2 Å². The molecule has 1 heterocycles. The molecule has 2 N–H and O–H groups in total. The molecule has 2 aromatic rings. The summed E-state index contributed by atoms with van der Waals surface area (Å²) in [6, 6.07) is 14.2. The van der Waals surface area contributed by atoms with E-state index in [0.29, 0.717) is 48.9 Å². The number of benzene rings is 2. The highest BCUT2D eigenvalue weighted by Gasteiger charge is 2.24. The molecule has 3 rings (SSSR count). The summed E-state index contributed by atoms with van der Waals surface area (Å²) in [5.74, 6) is 0.0479. The second-order valence-electron chi connectivity index (χ2n) is 6.10. The van der Waals surface area contributed by atoms with Crippen LogP contribution in [0.15, 0.2) is 48.5 Å². The number of hydrogen-bond acceptors (Lipinski definition) is 3. The molecule has 5 nitrogen and oxygen atoms in total. The number of amides is 2. The highest BCUT2D eigenvalue weighted by atomic mass is 35.5. The molecule has 1 saturated heterocycles. The van der Waals surface area contributed by atoms with E-state index in [1.54, 1.807) is 46.2 Å². The summed E-state index contributed by atoms with van der Waals surface area (Å²) in [7, 11) is 0. The summed E-state index contributed by atoms with van der Waals surface area (Å²) >= 11 is 5.86. The van der Waals surface area contributed by atoms with Crippen molar-refractivity contribution in [1.29, 1.82) is 0 Å². The third-order valence-electron chi connectivity index (χ3n) is 4.35. The minimum Gasteiger partial charge on any atom is -0.399 e. The maximum absolute atomic E-state index is 12.5. The van der Waals surface area contributed by atoms with E-state index in [1.807, 2.05) is 12.1 Å². The van der Waals surface area contributed by atoms with Gasteiger partial charge in [-0.05, 0) is 42.0 Å². The van der Waals surface area contributed by atoms with Crippen molar-refractivity contribution in [2.45, 2.75) is 6.42 Å². The molecule has 0 radical (unpaired) electrons. The Morgan fingerprint density at radius 3 is 2.04 bits per heavy atom. The number of carbonyl (C=O) groups excluding carboxylic acids is 2. The summed E-state index contributed by atoms with van der Waals surface area (Å²) < 4.78 is 0. The molecule has 6 heteroatoms. The van der Waals surface area contributed by atoms with Gasteiger partial charge in [-0.3, -0.25) is 9.59 Å². The maximum Gasteiger partial charge on any atom is 0.253 e. The first-order chi connectivity index (χ1) is 12.0. The molecular formula is C19H20ClN3O2. The van der Waals surface area contributed by atoms with Crippen LogP contribution in [0.3, 0.4) is 0 Å². The molecule has 0 unspecified atom stereocenters. The van der Waals surface area contributed by atoms with Crippen molar-refractivity contribution in [3.63, 3.8) is 0 Å². The molecule has 2 amide bonds. The predicted molar refractivity (Wildman–Crippen MR) is 98.5 cm³/mol. The molecule has 0 bridgehead atoms. The van der Waals surface area contributed by atoms with Gasteiger partial charge in [0.15, 0.2) is 0 Å². The number of nitrogen functional groups attached to an aromatic ring is 1. The van der Waals surface area contributed by atoms with Crippen LogP contribution in [0.4, 0.5) is 5.69 Å². The summed E-state index contributed by atoms with van der Waals surface area (Å²) in [4.78, 5) is 28.5. The van der Waals surface area contributed by atoms with Crippen molar-refractivity contribution in [3.05, 3.63) is 64.7 Å². The van der Waals surface area contributed by atoms with Crippen LogP contribution in [0.2, 0.25) is 5.02 Å². The van der Waals surface area contributed by atoms with E-state index in [-0.39, 0.29) is 11.8 Å². The lowest BCUT2D eigenvalue weighted by Gasteiger charge is -2.35. The summed E-state index contributed by atoms with van der Waals surface area (Å²) in [6.45, 7) is 2.17. The van der Waals surface area contributed by atoms with Gasteiger partial charge < -0.3 is 15.5 Å². The Balaban J connectivity index is 1.54. The molecule has 2 aromatic carbocycles. The topological polar surface area (TPSA) is 66.6 Å². The van der Waals surface area contributed by atoms with Crippen LogP contribution in [0, 0.1) is 0 Å². The van der Waals surface area contributed by atoms with Crippen LogP contribution in [0.25, 0.3) is 0 Å². The molecular weight excluding hydrogens is 338 g/mol. The Labute approximate surface area is 152 Å². The number of rotatable bonds is 3. The van der Waals surface area contributed by atoms with Crippen molar-refractivity contribution in [1.82, 2.24) is 9.80 Å². The molecule has 1 fully saturated rings. The first kappa shape index (κ1) is 17.3. The Kier molecular flexibility index (Phi) is 5.24. The third-order valence-corrected chi connectivity index (χ3v) is 4.60. The molecule has 0 aliphatic carbocycles. The molecule has 25 heavy (non-hydrogen) atoms. The van der Waals surface area contributed by atoms with Gasteiger partial charge in [0.2, 0.25) is 5.91 Å². The number of nitrogens with two attached hydrogens (primary N) is 1. The standard InChI is InChI=1S/C19H20ClN3O2/c20-16-5-1-14(2-6-16)13-18(24)22-9-11-23(12-10-22)19(25)15-3-7-17(21)8-4-15/h1-8H,9-13,21H2. The number of carbonyl (C=O) groups is 2. The summed E-state index contributed by atoms with van der Waals surface area (Å²) in [5.41, 5.74) is 7.85. The first-order valence-corrected chi connectivity index (χ1v) is 8.58. The number of anilines is 1. The van der Waals surface area contributed by atoms with Gasteiger partial charge >= 0.3 is 0 Å². The molecule has 0 atom stereocenters.